The van der Waals surface area contributed by atoms with E-state index in [4.69, 9.17) is 9.15 Å². The van der Waals surface area contributed by atoms with Gasteiger partial charge < -0.3 is 29.4 Å². The first-order valence-electron chi connectivity index (χ1n) is 9.21. The minimum atomic E-state index is -1.39. The fraction of sp³-hybridized carbons (Fsp3) is 0.136. The second-order valence-electron chi connectivity index (χ2n) is 6.75. The first kappa shape index (κ1) is 19.3. The van der Waals surface area contributed by atoms with Gasteiger partial charge in [0.2, 0.25) is 0 Å². The van der Waals surface area contributed by atoms with Gasteiger partial charge in [0.1, 0.15) is 11.3 Å². The maximum atomic E-state index is 12.2. The van der Waals surface area contributed by atoms with E-state index in [0.717, 1.165) is 16.5 Å². The van der Waals surface area contributed by atoms with Gasteiger partial charge in [0.15, 0.2) is 6.61 Å². The summed E-state index contributed by atoms with van der Waals surface area (Å²) in [6, 6.07) is 14.0. The number of H-pyrrole nitrogens is 1. The molecule has 8 nitrogen and oxygen atoms in total. The molecule has 0 radical (unpaired) electrons. The number of nitrogens with one attached hydrogen (secondary N) is 2. The number of para-hydroxylation sites is 1. The Balaban J connectivity index is 1.41. The number of carbonyl (C=O) groups excluding carboxylic acids is 2. The second-order valence-corrected chi connectivity index (χ2v) is 6.75. The zero-order valence-electron chi connectivity index (χ0n) is 15.7. The topological polar surface area (TPSA) is 124 Å². The Morgan fingerprint density at radius 1 is 1.13 bits per heavy atom. The number of aliphatic carboxylic acids is 1. The number of benzene rings is 2. The monoisotopic (exact) mass is 405 g/mol. The molecule has 0 aliphatic carbocycles. The molecule has 8 heteroatoms. The number of carbonyl (C=O) groups is 2. The van der Waals surface area contributed by atoms with Crippen LogP contribution in [0.25, 0.3) is 21.9 Å². The molecule has 1 amide bonds. The van der Waals surface area contributed by atoms with Crippen molar-refractivity contribution in [2.24, 2.45) is 0 Å². The number of rotatable bonds is 7. The molecule has 152 valence electrons. The van der Waals surface area contributed by atoms with Crippen LogP contribution in [0, 0.1) is 0 Å². The third kappa shape index (κ3) is 4.17. The number of carboxylic acid groups (broad SMARTS) is 1. The van der Waals surface area contributed by atoms with Gasteiger partial charge in [-0.15, -0.1) is 0 Å². The molecule has 30 heavy (non-hydrogen) atoms. The van der Waals surface area contributed by atoms with E-state index in [0.29, 0.717) is 16.7 Å². The Morgan fingerprint density at radius 2 is 1.93 bits per heavy atom. The number of carboxylic acids is 1. The SMILES string of the molecule is O=C(COc1ccc2ccc(=O)oc2c1)N[C@H](Cc1c[nH]c2ccccc12)C(=O)[O-]. The van der Waals surface area contributed by atoms with Crippen LogP contribution in [0.4, 0.5) is 0 Å². The Morgan fingerprint density at radius 3 is 2.77 bits per heavy atom. The third-order valence-electron chi connectivity index (χ3n) is 4.68. The van der Waals surface area contributed by atoms with E-state index in [9.17, 15) is 19.5 Å². The summed E-state index contributed by atoms with van der Waals surface area (Å²) in [5.41, 5.74) is 1.46. The average Bonchev–Trinajstić information content (AvgIpc) is 3.14. The largest absolute Gasteiger partial charge is 0.548 e. The van der Waals surface area contributed by atoms with Crippen LogP contribution in [0.5, 0.6) is 5.75 Å². The normalized spacial score (nSPS) is 12.0. The highest BCUT2D eigenvalue weighted by molar-refractivity contribution is 5.86. The van der Waals surface area contributed by atoms with Gasteiger partial charge >= 0.3 is 5.63 Å². The van der Waals surface area contributed by atoms with E-state index in [1.807, 2.05) is 24.3 Å². The van der Waals surface area contributed by atoms with Crippen LogP contribution in [0.1, 0.15) is 5.56 Å². The number of hydrogen-bond donors (Lipinski definition) is 2. The molecule has 0 saturated carbocycles. The van der Waals surface area contributed by atoms with Crippen LogP contribution in [0.3, 0.4) is 0 Å². The summed E-state index contributed by atoms with van der Waals surface area (Å²) < 4.78 is 10.5. The summed E-state index contributed by atoms with van der Waals surface area (Å²) in [4.78, 5) is 38.2. The highest BCUT2D eigenvalue weighted by atomic mass is 16.5. The van der Waals surface area contributed by atoms with Crippen LogP contribution in [0.15, 0.2) is 70.0 Å². The van der Waals surface area contributed by atoms with Crippen molar-refractivity contribution in [1.82, 2.24) is 10.3 Å². The molecule has 2 heterocycles. The molecule has 2 aromatic carbocycles. The summed E-state index contributed by atoms with van der Waals surface area (Å²) in [5.74, 6) is -1.69. The van der Waals surface area contributed by atoms with E-state index in [1.54, 1.807) is 24.4 Å². The number of amides is 1. The van der Waals surface area contributed by atoms with Crippen molar-refractivity contribution in [1.29, 1.82) is 0 Å². The number of aromatic amines is 1. The van der Waals surface area contributed by atoms with Crippen molar-refractivity contribution >= 4 is 33.7 Å². The smallest absolute Gasteiger partial charge is 0.336 e. The number of hydrogen-bond acceptors (Lipinski definition) is 6. The number of fused-ring (bicyclic) bond motifs is 2. The molecule has 0 bridgehead atoms. The summed E-state index contributed by atoms with van der Waals surface area (Å²) >= 11 is 0. The van der Waals surface area contributed by atoms with E-state index < -0.39 is 30.2 Å². The molecule has 2 N–H and O–H groups in total. The molecule has 0 spiro atoms. The minimum Gasteiger partial charge on any atom is -0.548 e. The van der Waals surface area contributed by atoms with Gasteiger partial charge in [0, 0.05) is 41.0 Å². The molecule has 0 aliphatic rings. The molecule has 0 saturated heterocycles. The van der Waals surface area contributed by atoms with Crippen molar-refractivity contribution < 1.29 is 23.8 Å². The lowest BCUT2D eigenvalue weighted by Crippen LogP contribution is -2.50. The lowest BCUT2D eigenvalue weighted by molar-refractivity contribution is -0.308. The Hall–Kier alpha value is -4.07. The van der Waals surface area contributed by atoms with Gasteiger partial charge in [-0.2, -0.15) is 0 Å². The molecule has 4 aromatic rings. The second kappa shape index (κ2) is 8.12. The van der Waals surface area contributed by atoms with E-state index in [-0.39, 0.29) is 6.42 Å². The predicted molar refractivity (Wildman–Crippen MR) is 107 cm³/mol. The predicted octanol–water partition coefficient (Wildman–Crippen LogP) is 1.13. The van der Waals surface area contributed by atoms with Crippen LogP contribution in [0.2, 0.25) is 0 Å². The van der Waals surface area contributed by atoms with Gasteiger partial charge in [-0.05, 0) is 29.8 Å². The molecular formula is C22H17N2O6-. The number of ether oxygens (including phenoxy) is 1. The Labute approximate surface area is 170 Å². The maximum Gasteiger partial charge on any atom is 0.336 e. The van der Waals surface area contributed by atoms with Gasteiger partial charge in [0.25, 0.3) is 5.91 Å². The fourth-order valence-electron chi connectivity index (χ4n) is 3.23. The molecule has 0 aliphatic heterocycles. The zero-order valence-corrected chi connectivity index (χ0v) is 15.7. The van der Waals surface area contributed by atoms with Crippen LogP contribution in [-0.2, 0) is 16.0 Å². The highest BCUT2D eigenvalue weighted by Gasteiger charge is 2.17. The van der Waals surface area contributed by atoms with Crippen molar-refractivity contribution in [2.75, 3.05) is 6.61 Å². The molecule has 4 rings (SSSR count). The first-order chi connectivity index (χ1) is 14.5. The van der Waals surface area contributed by atoms with Crippen LogP contribution >= 0.6 is 0 Å². The first-order valence-corrected chi connectivity index (χ1v) is 9.21. The van der Waals surface area contributed by atoms with Gasteiger partial charge in [-0.3, -0.25) is 4.79 Å². The average molecular weight is 405 g/mol. The van der Waals surface area contributed by atoms with Gasteiger partial charge in [-0.25, -0.2) is 4.79 Å². The van der Waals surface area contributed by atoms with Gasteiger partial charge in [0.05, 0.1) is 12.0 Å². The van der Waals surface area contributed by atoms with Crippen molar-refractivity contribution in [3.05, 3.63) is 76.8 Å². The highest BCUT2D eigenvalue weighted by Crippen LogP contribution is 2.20. The Kier molecular flexibility index (Phi) is 5.21. The molecule has 0 fully saturated rings. The minimum absolute atomic E-state index is 0.0687. The lowest BCUT2D eigenvalue weighted by atomic mass is 10.1. The summed E-state index contributed by atoms with van der Waals surface area (Å²) in [5, 5.41) is 15.5. The fourth-order valence-corrected chi connectivity index (χ4v) is 3.23. The zero-order chi connectivity index (χ0) is 21.1. The standard InChI is InChI=1S/C22H18N2O6/c25-20(12-29-15-7-5-13-6-8-21(26)30-19(13)10-15)24-18(22(27)28)9-14-11-23-17-4-2-1-3-16(14)17/h1-8,10-11,18,23H,9,12H2,(H,24,25)(H,27,28)/p-1/t18-/m1/s1. The molecule has 2 aromatic heterocycles. The van der Waals surface area contributed by atoms with Gasteiger partial charge in [-0.1, -0.05) is 18.2 Å². The molecular weight excluding hydrogens is 388 g/mol. The van der Waals surface area contributed by atoms with Crippen LogP contribution < -0.4 is 20.8 Å². The molecule has 0 unspecified atom stereocenters. The third-order valence-corrected chi connectivity index (χ3v) is 4.68. The summed E-state index contributed by atoms with van der Waals surface area (Å²) in [6.45, 7) is -0.403. The van der Waals surface area contributed by atoms with Crippen LogP contribution in [-0.4, -0.2) is 29.5 Å². The number of aromatic nitrogens is 1. The molecule has 1 atom stereocenters. The van der Waals surface area contributed by atoms with E-state index in [2.05, 4.69) is 10.3 Å². The van der Waals surface area contributed by atoms with Crippen molar-refractivity contribution in [3.63, 3.8) is 0 Å². The maximum absolute atomic E-state index is 12.2. The summed E-state index contributed by atoms with van der Waals surface area (Å²) in [7, 11) is 0. The van der Waals surface area contributed by atoms with Crippen molar-refractivity contribution in [2.45, 2.75) is 12.5 Å². The van der Waals surface area contributed by atoms with E-state index >= 15 is 0 Å². The van der Waals surface area contributed by atoms with E-state index in [1.165, 1.54) is 12.1 Å². The van der Waals surface area contributed by atoms with Crippen molar-refractivity contribution in [3.8, 4) is 5.75 Å². The Bertz CT molecular complexity index is 1290. The lowest BCUT2D eigenvalue weighted by Gasteiger charge is -2.19. The summed E-state index contributed by atoms with van der Waals surface area (Å²) in [6.07, 6.45) is 1.78. The quantitative estimate of drug-likeness (QED) is 0.444.